The fourth-order valence-corrected chi connectivity index (χ4v) is 1.85. The number of aromatic nitrogens is 2. The molecule has 1 aromatic rings. The molecule has 0 saturated heterocycles. The molecule has 0 spiro atoms. The van der Waals surface area contributed by atoms with E-state index in [2.05, 4.69) is 15.3 Å². The van der Waals surface area contributed by atoms with Crippen molar-refractivity contribution in [3.63, 3.8) is 0 Å². The Morgan fingerprint density at radius 3 is 2.74 bits per heavy atom. The molecule has 0 saturated carbocycles. The summed E-state index contributed by atoms with van der Waals surface area (Å²) in [6, 6.07) is -0.0533. The first kappa shape index (κ1) is 15.1. The van der Waals surface area contributed by atoms with E-state index in [0.29, 0.717) is 6.61 Å². The SMILES string of the molecule is CCCC(COC)Nc1nc(N)nc(C)c1[N+](=O)[O-]. The molecule has 0 aliphatic rings. The highest BCUT2D eigenvalue weighted by Crippen LogP contribution is 2.26. The Hall–Kier alpha value is -1.96. The van der Waals surface area contributed by atoms with Gasteiger partial charge in [0.15, 0.2) is 0 Å². The molecule has 1 unspecified atom stereocenters. The maximum atomic E-state index is 11.1. The van der Waals surface area contributed by atoms with Crippen LogP contribution in [0.15, 0.2) is 0 Å². The Labute approximate surface area is 111 Å². The molecule has 0 amide bonds. The van der Waals surface area contributed by atoms with Crippen molar-refractivity contribution in [3.8, 4) is 0 Å². The van der Waals surface area contributed by atoms with E-state index in [4.69, 9.17) is 10.5 Å². The largest absolute Gasteiger partial charge is 0.383 e. The average molecular weight is 269 g/mol. The zero-order chi connectivity index (χ0) is 14.4. The molecule has 0 fully saturated rings. The van der Waals surface area contributed by atoms with E-state index >= 15 is 0 Å². The van der Waals surface area contributed by atoms with Crippen molar-refractivity contribution < 1.29 is 9.66 Å². The summed E-state index contributed by atoms with van der Waals surface area (Å²) in [7, 11) is 1.58. The van der Waals surface area contributed by atoms with Gasteiger partial charge in [-0.05, 0) is 13.3 Å². The van der Waals surface area contributed by atoms with Crippen LogP contribution in [0.5, 0.6) is 0 Å². The smallest absolute Gasteiger partial charge is 0.332 e. The third-order valence-electron chi connectivity index (χ3n) is 2.60. The molecule has 0 aliphatic carbocycles. The lowest BCUT2D eigenvalue weighted by atomic mass is 10.2. The molecule has 1 heterocycles. The van der Waals surface area contributed by atoms with Crippen molar-refractivity contribution in [1.29, 1.82) is 0 Å². The number of anilines is 2. The average Bonchev–Trinajstić information content (AvgIpc) is 2.27. The molecule has 1 aromatic heterocycles. The third-order valence-corrected chi connectivity index (χ3v) is 2.60. The topological polar surface area (TPSA) is 116 Å². The van der Waals surface area contributed by atoms with Gasteiger partial charge >= 0.3 is 5.69 Å². The van der Waals surface area contributed by atoms with Crippen molar-refractivity contribution >= 4 is 17.5 Å². The molecule has 106 valence electrons. The number of nitro groups is 1. The van der Waals surface area contributed by atoms with Crippen LogP contribution in [0.4, 0.5) is 17.5 Å². The van der Waals surface area contributed by atoms with E-state index in [-0.39, 0.29) is 29.2 Å². The number of methoxy groups -OCH3 is 1. The molecule has 0 radical (unpaired) electrons. The molecule has 8 nitrogen and oxygen atoms in total. The summed E-state index contributed by atoms with van der Waals surface area (Å²) in [6.07, 6.45) is 1.74. The maximum Gasteiger partial charge on any atom is 0.332 e. The van der Waals surface area contributed by atoms with Gasteiger partial charge in [0.2, 0.25) is 11.8 Å². The van der Waals surface area contributed by atoms with Gasteiger partial charge in [0, 0.05) is 7.11 Å². The number of hydrogen-bond donors (Lipinski definition) is 2. The number of nitrogens with zero attached hydrogens (tertiary/aromatic N) is 3. The number of ether oxygens (including phenoxy) is 1. The van der Waals surface area contributed by atoms with Gasteiger partial charge in [-0.1, -0.05) is 13.3 Å². The van der Waals surface area contributed by atoms with Crippen molar-refractivity contribution in [2.45, 2.75) is 32.7 Å². The normalized spacial score (nSPS) is 12.2. The van der Waals surface area contributed by atoms with Crippen molar-refractivity contribution in [3.05, 3.63) is 15.8 Å². The Morgan fingerprint density at radius 1 is 1.53 bits per heavy atom. The number of nitrogens with two attached hydrogens (primary N) is 1. The molecule has 1 atom stereocenters. The predicted octanol–water partition coefficient (Wildman–Crippen LogP) is 1.50. The molecule has 1 rings (SSSR count). The van der Waals surface area contributed by atoms with Crippen LogP contribution in [0.3, 0.4) is 0 Å². The summed E-state index contributed by atoms with van der Waals surface area (Å²) in [5, 5.41) is 14.1. The van der Waals surface area contributed by atoms with Gasteiger partial charge in [0.05, 0.1) is 17.6 Å². The fourth-order valence-electron chi connectivity index (χ4n) is 1.85. The summed E-state index contributed by atoms with van der Waals surface area (Å²) in [5.41, 5.74) is 5.63. The molecule has 0 bridgehead atoms. The second-order valence-electron chi connectivity index (χ2n) is 4.21. The Kier molecular flexibility index (Phi) is 5.43. The summed E-state index contributed by atoms with van der Waals surface area (Å²) >= 11 is 0. The highest BCUT2D eigenvalue weighted by molar-refractivity contribution is 5.60. The number of hydrogen-bond acceptors (Lipinski definition) is 7. The van der Waals surface area contributed by atoms with Gasteiger partial charge in [0.25, 0.3) is 0 Å². The van der Waals surface area contributed by atoms with Crippen molar-refractivity contribution in [2.24, 2.45) is 0 Å². The van der Waals surface area contributed by atoms with Crippen LogP contribution in [-0.4, -0.2) is 34.6 Å². The van der Waals surface area contributed by atoms with Gasteiger partial charge in [-0.25, -0.2) is 4.98 Å². The highest BCUT2D eigenvalue weighted by atomic mass is 16.6. The molecule has 0 aromatic carbocycles. The standard InChI is InChI=1S/C11H19N5O3/c1-4-5-8(6-19-3)14-10-9(16(17)18)7(2)13-11(12)15-10/h8H,4-6H2,1-3H3,(H3,12,13,14,15). The minimum Gasteiger partial charge on any atom is -0.383 e. The van der Waals surface area contributed by atoms with E-state index < -0.39 is 4.92 Å². The van der Waals surface area contributed by atoms with Crippen LogP contribution in [-0.2, 0) is 4.74 Å². The minimum absolute atomic E-state index is 0.0123. The van der Waals surface area contributed by atoms with E-state index in [1.807, 2.05) is 6.92 Å². The lowest BCUT2D eigenvalue weighted by Crippen LogP contribution is -2.26. The molecule has 19 heavy (non-hydrogen) atoms. The second-order valence-corrected chi connectivity index (χ2v) is 4.21. The predicted molar refractivity (Wildman–Crippen MR) is 72.0 cm³/mol. The summed E-state index contributed by atoms with van der Waals surface area (Å²) < 4.78 is 5.08. The van der Waals surface area contributed by atoms with Crippen LogP contribution in [0.2, 0.25) is 0 Å². The molecule has 8 heteroatoms. The highest BCUT2D eigenvalue weighted by Gasteiger charge is 2.23. The Morgan fingerprint density at radius 2 is 2.21 bits per heavy atom. The first-order valence-electron chi connectivity index (χ1n) is 6.03. The van der Waals surface area contributed by atoms with E-state index in [0.717, 1.165) is 12.8 Å². The van der Waals surface area contributed by atoms with Gasteiger partial charge in [0.1, 0.15) is 5.69 Å². The molecular weight excluding hydrogens is 250 g/mol. The van der Waals surface area contributed by atoms with Crippen LogP contribution in [0, 0.1) is 17.0 Å². The molecule has 0 aliphatic heterocycles. The van der Waals surface area contributed by atoms with E-state index in [1.165, 1.54) is 6.92 Å². The summed E-state index contributed by atoms with van der Waals surface area (Å²) in [4.78, 5) is 18.3. The van der Waals surface area contributed by atoms with Gasteiger partial charge < -0.3 is 15.8 Å². The van der Waals surface area contributed by atoms with Crippen LogP contribution < -0.4 is 11.1 Å². The zero-order valence-corrected chi connectivity index (χ0v) is 11.3. The van der Waals surface area contributed by atoms with Crippen molar-refractivity contribution in [2.75, 3.05) is 24.8 Å². The lowest BCUT2D eigenvalue weighted by Gasteiger charge is -2.18. The first-order chi connectivity index (χ1) is 8.99. The van der Waals surface area contributed by atoms with Crippen LogP contribution in [0.25, 0.3) is 0 Å². The summed E-state index contributed by atoms with van der Waals surface area (Å²) in [6.45, 7) is 4.00. The first-order valence-corrected chi connectivity index (χ1v) is 6.03. The number of rotatable bonds is 7. The number of aryl methyl sites for hydroxylation is 1. The van der Waals surface area contributed by atoms with Gasteiger partial charge in [-0.15, -0.1) is 0 Å². The quantitative estimate of drug-likeness (QED) is 0.569. The van der Waals surface area contributed by atoms with Gasteiger partial charge in [-0.2, -0.15) is 4.98 Å². The number of nitrogen functional groups attached to an aromatic ring is 1. The zero-order valence-electron chi connectivity index (χ0n) is 11.3. The number of nitrogens with one attached hydrogen (secondary N) is 1. The maximum absolute atomic E-state index is 11.1. The monoisotopic (exact) mass is 269 g/mol. The Bertz CT molecular complexity index is 446. The second kappa shape index (κ2) is 6.83. The van der Waals surface area contributed by atoms with Gasteiger partial charge in [-0.3, -0.25) is 10.1 Å². The third kappa shape index (κ3) is 4.02. The van der Waals surface area contributed by atoms with Crippen LogP contribution >= 0.6 is 0 Å². The van der Waals surface area contributed by atoms with E-state index in [9.17, 15) is 10.1 Å². The molecular formula is C11H19N5O3. The lowest BCUT2D eigenvalue weighted by molar-refractivity contribution is -0.385. The van der Waals surface area contributed by atoms with Crippen molar-refractivity contribution in [1.82, 2.24) is 9.97 Å². The summed E-state index contributed by atoms with van der Waals surface area (Å²) in [5.74, 6) is 0.156. The Balaban J connectivity index is 3.06. The van der Waals surface area contributed by atoms with E-state index in [1.54, 1.807) is 7.11 Å². The minimum atomic E-state index is -0.507. The fraction of sp³-hybridized carbons (Fsp3) is 0.636. The molecule has 3 N–H and O–H groups in total. The van der Waals surface area contributed by atoms with Crippen LogP contribution in [0.1, 0.15) is 25.5 Å².